The van der Waals surface area contributed by atoms with Crippen molar-refractivity contribution in [1.29, 1.82) is 0 Å². The van der Waals surface area contributed by atoms with Gasteiger partial charge < -0.3 is 9.15 Å². The Morgan fingerprint density at radius 2 is 1.90 bits per heavy atom. The van der Waals surface area contributed by atoms with Crippen LogP contribution in [0, 0.1) is 10.1 Å². The Morgan fingerprint density at radius 1 is 1.14 bits per heavy atom. The number of rotatable bonds is 3. The van der Waals surface area contributed by atoms with Gasteiger partial charge in [0.05, 0.1) is 6.07 Å². The summed E-state index contributed by atoms with van der Waals surface area (Å²) in [5.41, 5.74) is 0.692. The van der Waals surface area contributed by atoms with E-state index >= 15 is 0 Å². The van der Waals surface area contributed by atoms with Crippen LogP contribution in [0.3, 0.4) is 0 Å². The molecule has 0 amide bonds. The number of benzene rings is 1. The number of esters is 1. The van der Waals surface area contributed by atoms with Gasteiger partial charge in [-0.05, 0) is 18.2 Å². The van der Waals surface area contributed by atoms with Crippen LogP contribution in [0.1, 0.15) is 11.3 Å². The SMILES string of the molecule is O=C1OC(c2ccccc2)=NC1=Cc1ccc([N+](=O)[O-])o1. The normalized spacial score (nSPS) is 15.9. The van der Waals surface area contributed by atoms with E-state index in [1.165, 1.54) is 18.2 Å². The maximum absolute atomic E-state index is 11.7. The first kappa shape index (κ1) is 12.8. The van der Waals surface area contributed by atoms with Crippen molar-refractivity contribution in [2.75, 3.05) is 0 Å². The summed E-state index contributed by atoms with van der Waals surface area (Å²) >= 11 is 0. The first-order chi connectivity index (χ1) is 10.1. The fourth-order valence-corrected chi connectivity index (χ4v) is 1.77. The second-order valence-electron chi connectivity index (χ2n) is 4.14. The molecule has 1 aromatic heterocycles. The van der Waals surface area contributed by atoms with Gasteiger partial charge in [0.2, 0.25) is 5.90 Å². The van der Waals surface area contributed by atoms with Gasteiger partial charge in [-0.3, -0.25) is 10.1 Å². The standard InChI is InChI=1S/C14H8N2O5/c17-14-11(8-10-6-7-12(20-10)16(18)19)15-13(21-14)9-4-2-1-3-5-9/h1-8H. The smallest absolute Gasteiger partial charge is 0.402 e. The number of aliphatic imine (C=N–C) groups is 1. The van der Waals surface area contributed by atoms with E-state index < -0.39 is 16.8 Å². The van der Waals surface area contributed by atoms with Gasteiger partial charge in [0.1, 0.15) is 10.7 Å². The molecule has 1 aliphatic rings. The van der Waals surface area contributed by atoms with E-state index in [1.54, 1.807) is 24.3 Å². The van der Waals surface area contributed by atoms with E-state index in [4.69, 9.17) is 9.15 Å². The highest BCUT2D eigenvalue weighted by molar-refractivity contribution is 6.12. The van der Waals surface area contributed by atoms with E-state index in [1.807, 2.05) is 6.07 Å². The van der Waals surface area contributed by atoms with Crippen LogP contribution < -0.4 is 0 Å². The Morgan fingerprint density at radius 3 is 2.57 bits per heavy atom. The van der Waals surface area contributed by atoms with Crippen molar-refractivity contribution >= 4 is 23.8 Å². The largest absolute Gasteiger partial charge is 0.433 e. The average Bonchev–Trinajstić information content (AvgIpc) is 3.08. The fraction of sp³-hybridized carbons (Fsp3) is 0. The topological polar surface area (TPSA) is 94.9 Å². The van der Waals surface area contributed by atoms with Crippen LogP contribution in [-0.4, -0.2) is 16.8 Å². The number of ether oxygens (including phenoxy) is 1. The van der Waals surface area contributed by atoms with Crippen molar-refractivity contribution in [3.8, 4) is 0 Å². The summed E-state index contributed by atoms with van der Waals surface area (Å²) in [5, 5.41) is 10.5. The second-order valence-corrected chi connectivity index (χ2v) is 4.14. The Balaban J connectivity index is 1.91. The van der Waals surface area contributed by atoms with Crippen LogP contribution in [0.2, 0.25) is 0 Å². The van der Waals surface area contributed by atoms with Gasteiger partial charge in [0.25, 0.3) is 0 Å². The van der Waals surface area contributed by atoms with Crippen LogP contribution >= 0.6 is 0 Å². The minimum atomic E-state index is -0.659. The highest BCUT2D eigenvalue weighted by Gasteiger charge is 2.24. The summed E-state index contributed by atoms with van der Waals surface area (Å²) in [6, 6.07) is 11.5. The molecule has 2 heterocycles. The molecule has 0 radical (unpaired) electrons. The molecule has 0 atom stereocenters. The van der Waals surface area contributed by atoms with Crippen LogP contribution in [0.5, 0.6) is 0 Å². The van der Waals surface area contributed by atoms with Crippen molar-refractivity contribution in [2.45, 2.75) is 0 Å². The van der Waals surface area contributed by atoms with Gasteiger partial charge in [-0.2, -0.15) is 0 Å². The summed E-state index contributed by atoms with van der Waals surface area (Å²) in [4.78, 5) is 25.7. The first-order valence-corrected chi connectivity index (χ1v) is 5.96. The summed E-state index contributed by atoms with van der Waals surface area (Å²) in [7, 11) is 0. The number of nitro groups is 1. The lowest BCUT2D eigenvalue weighted by Crippen LogP contribution is -2.04. The molecule has 0 bridgehead atoms. The number of hydrogen-bond donors (Lipinski definition) is 0. The number of carbonyl (C=O) groups is 1. The quantitative estimate of drug-likeness (QED) is 0.373. The first-order valence-electron chi connectivity index (χ1n) is 5.96. The maximum Gasteiger partial charge on any atom is 0.433 e. The molecule has 0 saturated heterocycles. The molecule has 3 rings (SSSR count). The monoisotopic (exact) mass is 284 g/mol. The van der Waals surface area contributed by atoms with E-state index in [2.05, 4.69) is 4.99 Å². The van der Waals surface area contributed by atoms with Gasteiger partial charge in [-0.25, -0.2) is 9.79 Å². The lowest BCUT2D eigenvalue weighted by atomic mass is 10.2. The molecule has 1 aliphatic heterocycles. The second kappa shape index (κ2) is 5.04. The Labute approximate surface area is 118 Å². The van der Waals surface area contributed by atoms with Crippen LogP contribution in [0.15, 0.2) is 57.6 Å². The van der Waals surface area contributed by atoms with Gasteiger partial charge in [-0.1, -0.05) is 18.2 Å². The molecule has 1 aromatic carbocycles. The predicted octanol–water partition coefficient (Wildman–Crippen LogP) is 2.53. The summed E-state index contributed by atoms with van der Waals surface area (Å²) in [6.45, 7) is 0. The van der Waals surface area contributed by atoms with Gasteiger partial charge in [-0.15, -0.1) is 0 Å². The average molecular weight is 284 g/mol. The van der Waals surface area contributed by atoms with Crippen LogP contribution in [-0.2, 0) is 9.53 Å². The van der Waals surface area contributed by atoms with Crippen molar-refractivity contribution < 1.29 is 18.9 Å². The summed E-state index contributed by atoms with van der Waals surface area (Å²) in [6.07, 6.45) is 1.30. The molecule has 21 heavy (non-hydrogen) atoms. The molecule has 2 aromatic rings. The van der Waals surface area contributed by atoms with Crippen molar-refractivity contribution in [1.82, 2.24) is 0 Å². The molecule has 0 saturated carbocycles. The highest BCUT2D eigenvalue weighted by atomic mass is 16.6. The fourth-order valence-electron chi connectivity index (χ4n) is 1.77. The number of carbonyl (C=O) groups excluding carboxylic acids is 1. The van der Waals surface area contributed by atoms with E-state index in [0.717, 1.165) is 0 Å². The molecular weight excluding hydrogens is 276 g/mol. The van der Waals surface area contributed by atoms with Crippen LogP contribution in [0.4, 0.5) is 5.88 Å². The van der Waals surface area contributed by atoms with E-state index in [-0.39, 0.29) is 17.4 Å². The molecule has 0 N–H and O–H groups in total. The minimum Gasteiger partial charge on any atom is -0.402 e. The Hall–Kier alpha value is -3.22. The lowest BCUT2D eigenvalue weighted by Gasteiger charge is -1.97. The lowest BCUT2D eigenvalue weighted by molar-refractivity contribution is -0.402. The highest BCUT2D eigenvalue weighted by Crippen LogP contribution is 2.22. The van der Waals surface area contributed by atoms with E-state index in [9.17, 15) is 14.9 Å². The molecular formula is C14H8N2O5. The zero-order chi connectivity index (χ0) is 14.8. The molecule has 0 aliphatic carbocycles. The Kier molecular flexibility index (Phi) is 3.07. The zero-order valence-electron chi connectivity index (χ0n) is 10.6. The third-order valence-electron chi connectivity index (χ3n) is 2.71. The number of hydrogen-bond acceptors (Lipinski definition) is 6. The molecule has 7 nitrogen and oxygen atoms in total. The molecule has 0 unspecified atom stereocenters. The third-order valence-corrected chi connectivity index (χ3v) is 2.71. The van der Waals surface area contributed by atoms with Crippen molar-refractivity contribution in [2.24, 2.45) is 4.99 Å². The van der Waals surface area contributed by atoms with Gasteiger partial charge in [0, 0.05) is 11.6 Å². The zero-order valence-corrected chi connectivity index (χ0v) is 10.6. The van der Waals surface area contributed by atoms with Crippen LogP contribution in [0.25, 0.3) is 6.08 Å². The maximum atomic E-state index is 11.7. The number of nitrogens with zero attached hydrogens (tertiary/aromatic N) is 2. The van der Waals surface area contributed by atoms with Crippen molar-refractivity contribution in [3.63, 3.8) is 0 Å². The predicted molar refractivity (Wildman–Crippen MR) is 72.4 cm³/mol. The summed E-state index contributed by atoms with van der Waals surface area (Å²) in [5.74, 6) is -0.687. The molecule has 0 spiro atoms. The third kappa shape index (κ3) is 2.57. The molecule has 104 valence electrons. The van der Waals surface area contributed by atoms with Gasteiger partial charge >= 0.3 is 11.9 Å². The Bertz CT molecular complexity index is 774. The molecule has 7 heteroatoms. The molecule has 0 fully saturated rings. The minimum absolute atomic E-state index is 0.0260. The number of furan rings is 1. The summed E-state index contributed by atoms with van der Waals surface area (Å²) < 4.78 is 10.00. The number of cyclic esters (lactones) is 1. The van der Waals surface area contributed by atoms with E-state index in [0.29, 0.717) is 5.56 Å². The van der Waals surface area contributed by atoms with Crippen molar-refractivity contribution in [3.05, 3.63) is 69.6 Å². The van der Waals surface area contributed by atoms with Gasteiger partial charge in [0.15, 0.2) is 5.70 Å².